The SMILES string of the molecule is CC/C=C\C/C=C\C/C=C\CC(=O)OCC(COC(=O)CCCCCCCCCCCC/C=C\C=C/CCCCC)OC(=O)CCCCCCCCCCCC. The molecular weight excluding hydrogens is 697 g/mol. The zero-order chi connectivity index (χ0) is 40.8. The maximum absolute atomic E-state index is 12.7. The molecule has 322 valence electrons. The van der Waals surface area contributed by atoms with E-state index in [-0.39, 0.29) is 31.6 Å². The first kappa shape index (κ1) is 53.1. The summed E-state index contributed by atoms with van der Waals surface area (Å²) in [6, 6.07) is 0. The second-order valence-electron chi connectivity index (χ2n) is 15.3. The standard InChI is InChI=1S/C50H86O6/c1-4-7-10-13-16-19-21-22-23-24-25-26-27-28-29-32-34-37-40-43-49(52)55-46-47(45-54-48(51)42-39-36-33-30-18-15-12-9-6-3)56-50(53)44-41-38-35-31-20-17-14-11-8-5-2/h9,12,16,18-19,21-22,30,36,39,47H,4-8,10-11,13-15,17,20,23-29,31-35,37-38,40-46H2,1-3H3/b12-9-,19-16-,22-21-,30-18-,39-36-. The molecule has 0 saturated heterocycles. The summed E-state index contributed by atoms with van der Waals surface area (Å²) in [6.07, 6.45) is 53.8. The maximum atomic E-state index is 12.7. The number of carbonyl (C=O) groups excluding carboxylic acids is 3. The molecule has 0 aliphatic carbocycles. The molecule has 0 aliphatic rings. The quantitative estimate of drug-likeness (QED) is 0.0202. The molecule has 0 N–H and O–H groups in total. The molecule has 0 bridgehead atoms. The lowest BCUT2D eigenvalue weighted by atomic mass is 10.1. The van der Waals surface area contributed by atoms with Gasteiger partial charge < -0.3 is 14.2 Å². The Kier molecular flexibility index (Phi) is 42.5. The first-order chi connectivity index (χ1) is 27.5. The molecule has 0 rings (SSSR count). The molecule has 1 atom stereocenters. The van der Waals surface area contributed by atoms with E-state index in [9.17, 15) is 14.4 Å². The summed E-state index contributed by atoms with van der Waals surface area (Å²) in [5.74, 6) is -1.04. The predicted molar refractivity (Wildman–Crippen MR) is 238 cm³/mol. The number of rotatable bonds is 41. The zero-order valence-corrected chi connectivity index (χ0v) is 36.6. The Labute approximate surface area is 345 Å². The Morgan fingerprint density at radius 3 is 1.32 bits per heavy atom. The van der Waals surface area contributed by atoms with Gasteiger partial charge in [0.2, 0.25) is 0 Å². The molecular formula is C50H86O6. The minimum atomic E-state index is -0.805. The topological polar surface area (TPSA) is 78.9 Å². The van der Waals surface area contributed by atoms with Crippen molar-refractivity contribution in [3.8, 4) is 0 Å². The van der Waals surface area contributed by atoms with Gasteiger partial charge in [0.15, 0.2) is 6.10 Å². The van der Waals surface area contributed by atoms with Crippen LogP contribution in [-0.4, -0.2) is 37.2 Å². The second kappa shape index (κ2) is 44.8. The van der Waals surface area contributed by atoms with Gasteiger partial charge in [-0.15, -0.1) is 0 Å². The highest BCUT2D eigenvalue weighted by Crippen LogP contribution is 2.14. The van der Waals surface area contributed by atoms with E-state index in [4.69, 9.17) is 14.2 Å². The predicted octanol–water partition coefficient (Wildman–Crippen LogP) is 14.9. The van der Waals surface area contributed by atoms with E-state index in [2.05, 4.69) is 69.4 Å². The highest BCUT2D eigenvalue weighted by Gasteiger charge is 2.19. The normalized spacial score (nSPS) is 12.6. The highest BCUT2D eigenvalue weighted by atomic mass is 16.6. The summed E-state index contributed by atoms with van der Waals surface area (Å²) in [7, 11) is 0. The minimum absolute atomic E-state index is 0.102. The molecule has 0 aromatic heterocycles. The van der Waals surface area contributed by atoms with Crippen LogP contribution in [0.3, 0.4) is 0 Å². The Balaban J connectivity index is 4.31. The van der Waals surface area contributed by atoms with Gasteiger partial charge >= 0.3 is 17.9 Å². The van der Waals surface area contributed by atoms with Crippen molar-refractivity contribution >= 4 is 17.9 Å². The van der Waals surface area contributed by atoms with Crippen molar-refractivity contribution in [2.45, 2.75) is 226 Å². The van der Waals surface area contributed by atoms with Crippen molar-refractivity contribution in [2.75, 3.05) is 13.2 Å². The summed E-state index contributed by atoms with van der Waals surface area (Å²) in [5.41, 5.74) is 0. The van der Waals surface area contributed by atoms with Gasteiger partial charge in [0, 0.05) is 12.8 Å². The molecule has 0 heterocycles. The lowest BCUT2D eigenvalue weighted by molar-refractivity contribution is -0.166. The largest absolute Gasteiger partial charge is 0.462 e. The molecule has 6 nitrogen and oxygen atoms in total. The van der Waals surface area contributed by atoms with Crippen molar-refractivity contribution in [3.63, 3.8) is 0 Å². The van der Waals surface area contributed by atoms with Gasteiger partial charge in [0.1, 0.15) is 13.2 Å². The van der Waals surface area contributed by atoms with E-state index < -0.39 is 12.1 Å². The van der Waals surface area contributed by atoms with Crippen LogP contribution in [0.2, 0.25) is 0 Å². The third kappa shape index (κ3) is 42.3. The van der Waals surface area contributed by atoms with Gasteiger partial charge in [-0.25, -0.2) is 0 Å². The fourth-order valence-corrected chi connectivity index (χ4v) is 6.32. The van der Waals surface area contributed by atoms with Crippen LogP contribution in [0.1, 0.15) is 220 Å². The fraction of sp³-hybridized carbons (Fsp3) is 0.740. The number of esters is 3. The van der Waals surface area contributed by atoms with E-state index in [1.807, 2.05) is 6.08 Å². The van der Waals surface area contributed by atoms with Crippen LogP contribution in [0.15, 0.2) is 60.8 Å². The Morgan fingerprint density at radius 1 is 0.411 bits per heavy atom. The second-order valence-corrected chi connectivity index (χ2v) is 15.3. The minimum Gasteiger partial charge on any atom is -0.462 e. The first-order valence-corrected chi connectivity index (χ1v) is 23.3. The van der Waals surface area contributed by atoms with Crippen molar-refractivity contribution in [2.24, 2.45) is 0 Å². The van der Waals surface area contributed by atoms with Crippen LogP contribution in [0, 0.1) is 0 Å². The summed E-state index contributed by atoms with van der Waals surface area (Å²) in [6.45, 7) is 6.37. The van der Waals surface area contributed by atoms with E-state index >= 15 is 0 Å². The molecule has 0 spiro atoms. The van der Waals surface area contributed by atoms with Crippen LogP contribution in [0.5, 0.6) is 0 Å². The van der Waals surface area contributed by atoms with Crippen LogP contribution < -0.4 is 0 Å². The van der Waals surface area contributed by atoms with Gasteiger partial charge in [-0.1, -0.05) is 204 Å². The molecule has 0 saturated carbocycles. The smallest absolute Gasteiger partial charge is 0.309 e. The van der Waals surface area contributed by atoms with E-state index in [1.54, 1.807) is 6.08 Å². The van der Waals surface area contributed by atoms with Crippen molar-refractivity contribution in [1.29, 1.82) is 0 Å². The molecule has 0 aliphatic heterocycles. The highest BCUT2D eigenvalue weighted by molar-refractivity contribution is 5.72. The number of allylic oxidation sites excluding steroid dienone is 9. The lowest BCUT2D eigenvalue weighted by Crippen LogP contribution is -2.30. The molecule has 0 aromatic carbocycles. The summed E-state index contributed by atoms with van der Waals surface area (Å²) >= 11 is 0. The van der Waals surface area contributed by atoms with Crippen LogP contribution in [0.25, 0.3) is 0 Å². The van der Waals surface area contributed by atoms with Gasteiger partial charge in [-0.05, 0) is 57.8 Å². The average molecular weight is 783 g/mol. The van der Waals surface area contributed by atoms with Gasteiger partial charge in [-0.3, -0.25) is 14.4 Å². The molecule has 1 unspecified atom stereocenters. The Hall–Kier alpha value is -2.89. The maximum Gasteiger partial charge on any atom is 0.309 e. The van der Waals surface area contributed by atoms with Crippen molar-refractivity contribution in [3.05, 3.63) is 60.8 Å². The van der Waals surface area contributed by atoms with Crippen LogP contribution in [-0.2, 0) is 28.6 Å². The Bertz CT molecular complexity index is 1040. The molecule has 0 fully saturated rings. The van der Waals surface area contributed by atoms with Gasteiger partial charge in [0.25, 0.3) is 0 Å². The first-order valence-electron chi connectivity index (χ1n) is 23.3. The molecule has 0 radical (unpaired) electrons. The molecule has 0 aromatic rings. The van der Waals surface area contributed by atoms with Gasteiger partial charge in [0.05, 0.1) is 6.42 Å². The number of hydrogen-bond donors (Lipinski definition) is 0. The van der Waals surface area contributed by atoms with Crippen molar-refractivity contribution in [1.82, 2.24) is 0 Å². The molecule has 6 heteroatoms. The lowest BCUT2D eigenvalue weighted by Gasteiger charge is -2.18. The fourth-order valence-electron chi connectivity index (χ4n) is 6.32. The van der Waals surface area contributed by atoms with E-state index in [1.165, 1.54) is 122 Å². The van der Waals surface area contributed by atoms with E-state index in [0.29, 0.717) is 12.8 Å². The number of hydrogen-bond acceptors (Lipinski definition) is 6. The van der Waals surface area contributed by atoms with Crippen molar-refractivity contribution < 1.29 is 28.6 Å². The summed E-state index contributed by atoms with van der Waals surface area (Å²) < 4.78 is 16.6. The third-order valence-electron chi connectivity index (χ3n) is 9.82. The summed E-state index contributed by atoms with van der Waals surface area (Å²) in [5, 5.41) is 0. The Morgan fingerprint density at radius 2 is 0.804 bits per heavy atom. The zero-order valence-electron chi connectivity index (χ0n) is 36.6. The molecule has 0 amide bonds. The van der Waals surface area contributed by atoms with E-state index in [0.717, 1.165) is 57.8 Å². The summed E-state index contributed by atoms with van der Waals surface area (Å²) in [4.78, 5) is 37.6. The van der Waals surface area contributed by atoms with Crippen LogP contribution >= 0.6 is 0 Å². The average Bonchev–Trinajstić information content (AvgIpc) is 3.19. The number of carbonyl (C=O) groups is 3. The number of ether oxygens (including phenoxy) is 3. The number of unbranched alkanes of at least 4 members (excludes halogenated alkanes) is 22. The monoisotopic (exact) mass is 783 g/mol. The van der Waals surface area contributed by atoms with Crippen LogP contribution in [0.4, 0.5) is 0 Å². The van der Waals surface area contributed by atoms with Gasteiger partial charge in [-0.2, -0.15) is 0 Å². The molecule has 56 heavy (non-hydrogen) atoms. The third-order valence-corrected chi connectivity index (χ3v) is 9.82.